The Morgan fingerprint density at radius 2 is 0.913 bits per heavy atom. The van der Waals surface area contributed by atoms with E-state index in [-0.39, 0.29) is 67.4 Å². The van der Waals surface area contributed by atoms with Crippen LogP contribution in [0.15, 0.2) is 54.7 Å². The molecule has 0 unspecified atom stereocenters. The van der Waals surface area contributed by atoms with Gasteiger partial charge in [0.1, 0.15) is 72.2 Å². The number of H-pyrrole nitrogens is 1. The average molecular weight is 1650 g/mol. The molecule has 2 heterocycles. The molecule has 1 aliphatic rings. The highest BCUT2D eigenvalue weighted by atomic mass is 16.6. The average Bonchev–Trinajstić information content (AvgIpc) is 1.69. The van der Waals surface area contributed by atoms with Crippen LogP contribution in [0.5, 0.6) is 5.75 Å². The maximum absolute atomic E-state index is 11.9. The Morgan fingerprint density at radius 3 is 1.25 bits per heavy atom. The van der Waals surface area contributed by atoms with Crippen molar-refractivity contribution in [1.29, 1.82) is 5.41 Å². The minimum absolute atomic E-state index is 0.0208. The summed E-state index contributed by atoms with van der Waals surface area (Å²) in [5.74, 6) is -11.2. The first-order valence-electron chi connectivity index (χ1n) is 37.0. The lowest BCUT2D eigenvalue weighted by molar-refractivity contribution is -0.163. The number of unbranched alkanes of at least 4 members (excludes halogenated alkanes) is 1. The molecule has 1 saturated heterocycles. The van der Waals surface area contributed by atoms with Gasteiger partial charge in [-0.3, -0.25) is 53.4 Å². The molecular weight excluding hydrogens is 1510 g/mol. The number of carboxylic acids is 10. The number of carbonyl (C=O) groups is 13. The van der Waals surface area contributed by atoms with Crippen molar-refractivity contribution in [2.24, 2.45) is 104 Å². The number of aromatic amines is 1. The van der Waals surface area contributed by atoms with Crippen molar-refractivity contribution in [2.45, 2.75) is 232 Å². The van der Waals surface area contributed by atoms with E-state index in [9.17, 15) is 62.3 Å². The zero-order valence-corrected chi connectivity index (χ0v) is 67.5. The van der Waals surface area contributed by atoms with E-state index in [1.165, 1.54) is 0 Å². The molecule has 1 fully saturated rings. The molecule has 3 aromatic rings. The molecule has 42 heteroatoms. The van der Waals surface area contributed by atoms with Crippen molar-refractivity contribution >= 4 is 94.5 Å². The molecule has 0 radical (unpaired) electrons. The number of aromatic nitrogens is 1. The van der Waals surface area contributed by atoms with Crippen LogP contribution in [-0.4, -0.2) is 232 Å². The standard InChI is InChI=1S/C15H23N5O4.C12H25N3O3.C11H12N2O2.3C6H13NO2.C5H9NO4.C5H9NO2.C5H11NO2.C2H5NO2/c16-11(2-1-7-20-15(18)19)14(23)24-10-5-3-9(4-6-10)8-12(17)13(21)22;1-3-8(2)10(15)12(17)18-11(16)9(14)6-4-5-7-13;12-9(11(14)15)5-7-6-13-10-4-2-1-3-8(7)10;3*1-3-4(2)5(7)6(8)9;6-3(5(9)10)1-2-4(7)8;7-5(8)4-2-1-3-6-4;1-3(2)4(6)5(7)8;3-1-2(4)5/h3-6,11-12H,1-2,7-8,16-17H2,(H,21,22)(H4,18,19,20);8-10H,3-7,13-15H2,1-2H3;1-4,6,9,13H,5,12H2,(H,14,15);3*4-5H,3,7H2,1-2H3,(H,8,9);3H,1-2,6H2,(H,7,8)(H,9,10);4,6H,1-3H2,(H,7,8);3-4H,6H2,1-2H3,(H,7,8);1,3H2,(H,4,5)/t11-,12-;8-,9-,10-;9-;3*4-,5-;3-;2*4-;/m000000000./s1. The molecule has 0 aliphatic carbocycles. The number of carbonyl (C=O) groups excluding carboxylic acids is 3. The van der Waals surface area contributed by atoms with Crippen LogP contribution in [0.4, 0.5) is 0 Å². The fourth-order valence-corrected chi connectivity index (χ4v) is 7.94. The van der Waals surface area contributed by atoms with Crippen LogP contribution in [0, 0.1) is 35.0 Å². The largest absolute Gasteiger partial charge is 0.481 e. The molecule has 1 aromatic heterocycles. The zero-order valence-electron chi connectivity index (χ0n) is 67.5. The molecule has 42 nitrogen and oxygen atoms in total. The fourth-order valence-electron chi connectivity index (χ4n) is 7.94. The highest BCUT2D eigenvalue weighted by molar-refractivity contribution is 5.91. The van der Waals surface area contributed by atoms with Crippen LogP contribution < -0.4 is 89.9 Å². The van der Waals surface area contributed by atoms with E-state index >= 15 is 0 Å². The predicted octanol–water partition coefficient (Wildman–Crippen LogP) is -0.352. The van der Waals surface area contributed by atoms with Gasteiger partial charge in [0.25, 0.3) is 0 Å². The van der Waals surface area contributed by atoms with Gasteiger partial charge >= 0.3 is 77.6 Å². The van der Waals surface area contributed by atoms with Gasteiger partial charge in [0.05, 0.1) is 6.54 Å². The minimum Gasteiger partial charge on any atom is -0.481 e. The summed E-state index contributed by atoms with van der Waals surface area (Å²) in [5.41, 5.74) is 71.6. The van der Waals surface area contributed by atoms with E-state index in [2.05, 4.69) is 26.1 Å². The summed E-state index contributed by atoms with van der Waals surface area (Å²) in [6, 6.07) is 5.87. The second-order valence-corrected chi connectivity index (χ2v) is 26.7. The summed E-state index contributed by atoms with van der Waals surface area (Å²) in [4.78, 5) is 139. The summed E-state index contributed by atoms with van der Waals surface area (Å²) < 4.78 is 9.83. The maximum Gasteiger partial charge on any atom is 0.330 e. The Morgan fingerprint density at radius 1 is 0.496 bits per heavy atom. The van der Waals surface area contributed by atoms with Gasteiger partial charge in [-0.15, -0.1) is 0 Å². The molecule has 4 rings (SSSR count). The van der Waals surface area contributed by atoms with Crippen molar-refractivity contribution in [3.63, 3.8) is 0 Å². The molecule has 0 spiro atoms. The second kappa shape index (κ2) is 67.4. The number of fused-ring (bicyclic) bond motifs is 1. The molecule has 2 aromatic carbocycles. The smallest absolute Gasteiger partial charge is 0.330 e. The summed E-state index contributed by atoms with van der Waals surface area (Å²) in [5, 5.41) is 96.5. The third kappa shape index (κ3) is 60.3. The van der Waals surface area contributed by atoms with Crippen LogP contribution in [0.1, 0.15) is 164 Å². The van der Waals surface area contributed by atoms with Crippen molar-refractivity contribution in [1.82, 2.24) is 15.6 Å². The monoisotopic (exact) mass is 1650 g/mol. The molecule has 0 saturated carbocycles. The van der Waals surface area contributed by atoms with E-state index in [0.717, 1.165) is 79.9 Å². The van der Waals surface area contributed by atoms with Crippen LogP contribution in [-0.2, 0) is 79.9 Å². The van der Waals surface area contributed by atoms with Gasteiger partial charge in [-0.05, 0) is 123 Å². The lowest BCUT2D eigenvalue weighted by atomic mass is 10.0. The van der Waals surface area contributed by atoms with Gasteiger partial charge in [0.2, 0.25) is 0 Å². The van der Waals surface area contributed by atoms with Gasteiger partial charge in [-0.2, -0.15) is 0 Å². The normalized spacial score (nSPS) is 15.1. The quantitative estimate of drug-likeness (QED) is 0.00876. The predicted molar refractivity (Wildman–Crippen MR) is 429 cm³/mol. The molecule has 115 heavy (non-hydrogen) atoms. The SMILES string of the molecule is CC(C)[C@H](N)C(=O)O.CC[C@H](C)[C@H](N)C(=O)O.CC[C@H](C)[C@H](N)C(=O)O.CC[C@H](C)[C@H](N)C(=O)O.CC[C@H](C)[C@H](N)C(=O)OC(=O)[C@@H](N)CCCCN.N=C(N)NCCC[C@H](N)C(=O)Oc1ccc(C[C@H](N)C(=O)O)cc1.NCC(=O)O.N[C@@H](CCC(=O)O)C(=O)O.N[C@@H](Cc1c[nH]c2ccccc12)C(=O)O.O=C(O)[C@@H]1CCCN1. The molecule has 660 valence electrons. The first-order valence-corrected chi connectivity index (χ1v) is 37.0. The highest BCUT2D eigenvalue weighted by Gasteiger charge is 2.27. The third-order valence-corrected chi connectivity index (χ3v) is 16.8. The Labute approximate surface area is 669 Å². The van der Waals surface area contributed by atoms with Gasteiger partial charge in [0, 0.05) is 36.5 Å². The van der Waals surface area contributed by atoms with E-state index in [1.54, 1.807) is 38.1 Å². The number of hydrogen-bond acceptors (Lipinski definition) is 29. The Hall–Kier alpha value is -9.96. The van der Waals surface area contributed by atoms with E-state index < -0.39 is 138 Å². The number of para-hydroxylation sites is 1. The van der Waals surface area contributed by atoms with Gasteiger partial charge in [-0.25, -0.2) is 14.4 Å². The van der Waals surface area contributed by atoms with E-state index in [1.807, 2.05) is 85.9 Å². The number of carboxylic acid groups (broad SMARTS) is 10. The third-order valence-electron chi connectivity index (χ3n) is 16.8. The van der Waals surface area contributed by atoms with E-state index in [4.69, 9.17) is 130 Å². The molecule has 1 aliphatic heterocycles. The van der Waals surface area contributed by atoms with Crippen molar-refractivity contribution in [3.8, 4) is 5.75 Å². The molecule has 0 amide bonds. The van der Waals surface area contributed by atoms with Gasteiger partial charge in [0.15, 0.2) is 5.96 Å². The Kier molecular flexibility index (Phi) is 67.9. The maximum atomic E-state index is 11.9. The number of hydrogen-bond donors (Lipinski definition) is 27. The second-order valence-electron chi connectivity index (χ2n) is 26.7. The first kappa shape index (κ1) is 116. The summed E-state index contributed by atoms with van der Waals surface area (Å²) >= 11 is 0. The van der Waals surface area contributed by atoms with Crippen LogP contribution in [0.2, 0.25) is 0 Å². The lowest BCUT2D eigenvalue weighted by Crippen LogP contribution is -2.42. The fraction of sp³-hybridized carbons (Fsp3) is 0.616. The Bertz CT molecular complexity index is 3240. The number of nitrogens with two attached hydrogens (primary N) is 13. The van der Waals surface area contributed by atoms with Gasteiger partial charge in [-0.1, -0.05) is 132 Å². The molecular formula is C73H133N17O25. The van der Waals surface area contributed by atoms with Crippen LogP contribution in [0.25, 0.3) is 10.9 Å². The highest BCUT2D eigenvalue weighted by Crippen LogP contribution is 2.19. The number of benzene rings is 2. The summed E-state index contributed by atoms with van der Waals surface area (Å²) in [7, 11) is 0. The first-order chi connectivity index (χ1) is 53.3. The topological polar surface area (TPSA) is 845 Å². The van der Waals surface area contributed by atoms with Crippen molar-refractivity contribution < 1.29 is 123 Å². The molecule has 0 bridgehead atoms. The number of rotatable bonds is 37. The molecule has 15 atom stereocenters. The number of aliphatic carboxylic acids is 10. The van der Waals surface area contributed by atoms with Crippen molar-refractivity contribution in [3.05, 3.63) is 65.9 Å². The minimum atomic E-state index is -1.17. The summed E-state index contributed by atoms with van der Waals surface area (Å²) in [6.45, 7) is 20.2. The zero-order chi connectivity index (χ0) is 90.5. The Balaban J connectivity index is -0.000000296. The lowest BCUT2D eigenvalue weighted by Gasteiger charge is -2.17. The number of nitrogens with one attached hydrogen (secondary N) is 4. The van der Waals surface area contributed by atoms with Crippen LogP contribution >= 0.6 is 0 Å². The van der Waals surface area contributed by atoms with Crippen LogP contribution in [0.3, 0.4) is 0 Å². The number of guanidine groups is 1. The van der Waals surface area contributed by atoms with Gasteiger partial charge < -0.3 is 151 Å². The van der Waals surface area contributed by atoms with E-state index in [0.29, 0.717) is 44.5 Å². The van der Waals surface area contributed by atoms with Crippen molar-refractivity contribution in [2.75, 3.05) is 26.2 Å². The number of ether oxygens (including phenoxy) is 2. The summed E-state index contributed by atoms with van der Waals surface area (Å²) in [6.07, 6.45) is 10.0. The molecule has 40 N–H and O–H groups in total. The number of esters is 3.